The number of carboxylic acid groups (broad SMARTS) is 1. The van der Waals surface area contributed by atoms with E-state index < -0.39 is 5.97 Å². The fourth-order valence-corrected chi connectivity index (χ4v) is 1.67. The third-order valence-corrected chi connectivity index (χ3v) is 3.13. The maximum absolute atomic E-state index is 12.0. The number of aliphatic carboxylic acids is 1. The van der Waals surface area contributed by atoms with Gasteiger partial charge >= 0.3 is 5.97 Å². The van der Waals surface area contributed by atoms with Gasteiger partial charge in [-0.3, -0.25) is 4.79 Å². The van der Waals surface area contributed by atoms with Crippen LogP contribution in [0.4, 0.5) is 5.69 Å². The summed E-state index contributed by atoms with van der Waals surface area (Å²) in [5.41, 5.74) is 0.729. The molecule has 6 heteroatoms. The molecule has 1 aromatic rings. The fourth-order valence-electron chi connectivity index (χ4n) is 1.67. The average molecular weight is 295 g/mol. The molecule has 1 rings (SSSR count). The first kappa shape index (κ1) is 17.0. The Hall–Kier alpha value is -2.08. The van der Waals surface area contributed by atoms with Crippen molar-refractivity contribution < 1.29 is 24.2 Å². The van der Waals surface area contributed by atoms with Crippen LogP contribution in [-0.4, -0.2) is 43.9 Å². The fraction of sp³-hybridized carbons (Fsp3) is 0.467. The van der Waals surface area contributed by atoms with Gasteiger partial charge in [0.2, 0.25) is 5.91 Å². The standard InChI is InChI=1S/C15H21NO5/c1-11(20-3)4-9-14(17)16(2)12-5-7-13(8-6-12)21-10-15(18)19/h5-8,11H,4,9-10H2,1-3H3,(H,18,19). The Morgan fingerprint density at radius 3 is 2.43 bits per heavy atom. The summed E-state index contributed by atoms with van der Waals surface area (Å²) in [4.78, 5) is 24.0. The average Bonchev–Trinajstić information content (AvgIpc) is 2.49. The van der Waals surface area contributed by atoms with Crippen LogP contribution in [0.1, 0.15) is 19.8 Å². The molecule has 0 bridgehead atoms. The molecule has 21 heavy (non-hydrogen) atoms. The van der Waals surface area contributed by atoms with Crippen molar-refractivity contribution in [2.24, 2.45) is 0 Å². The molecule has 0 saturated carbocycles. The number of ether oxygens (including phenoxy) is 2. The summed E-state index contributed by atoms with van der Waals surface area (Å²) in [7, 11) is 3.32. The van der Waals surface area contributed by atoms with Gasteiger partial charge < -0.3 is 19.5 Å². The molecule has 0 aliphatic rings. The van der Waals surface area contributed by atoms with E-state index in [0.717, 1.165) is 5.69 Å². The molecule has 1 amide bonds. The van der Waals surface area contributed by atoms with E-state index in [9.17, 15) is 9.59 Å². The number of hydrogen-bond acceptors (Lipinski definition) is 4. The van der Waals surface area contributed by atoms with Crippen molar-refractivity contribution in [1.29, 1.82) is 0 Å². The first-order valence-electron chi connectivity index (χ1n) is 6.68. The number of rotatable bonds is 8. The minimum absolute atomic E-state index is 0.00176. The zero-order valence-electron chi connectivity index (χ0n) is 12.5. The van der Waals surface area contributed by atoms with Gasteiger partial charge in [0, 0.05) is 26.3 Å². The van der Waals surface area contributed by atoms with E-state index in [1.165, 1.54) is 0 Å². The number of carboxylic acids is 1. The number of nitrogens with zero attached hydrogens (tertiary/aromatic N) is 1. The van der Waals surface area contributed by atoms with Crippen LogP contribution in [0.25, 0.3) is 0 Å². The monoisotopic (exact) mass is 295 g/mol. The molecule has 0 fully saturated rings. The quantitative estimate of drug-likeness (QED) is 0.793. The molecule has 0 spiro atoms. The second kappa shape index (κ2) is 8.26. The van der Waals surface area contributed by atoms with E-state index in [0.29, 0.717) is 18.6 Å². The highest BCUT2D eigenvalue weighted by molar-refractivity contribution is 5.92. The van der Waals surface area contributed by atoms with E-state index in [1.54, 1.807) is 43.3 Å². The summed E-state index contributed by atoms with van der Waals surface area (Å²) in [6.07, 6.45) is 1.12. The maximum Gasteiger partial charge on any atom is 0.341 e. The molecule has 0 aliphatic heterocycles. The molecule has 1 unspecified atom stereocenters. The summed E-state index contributed by atoms with van der Waals surface area (Å²) in [5, 5.41) is 8.53. The Labute approximate surface area is 124 Å². The molecule has 116 valence electrons. The smallest absolute Gasteiger partial charge is 0.341 e. The minimum atomic E-state index is -1.03. The van der Waals surface area contributed by atoms with Gasteiger partial charge in [-0.1, -0.05) is 0 Å². The first-order chi connectivity index (χ1) is 9.93. The Kier molecular flexibility index (Phi) is 6.68. The van der Waals surface area contributed by atoms with Crippen molar-refractivity contribution in [1.82, 2.24) is 0 Å². The van der Waals surface area contributed by atoms with E-state index >= 15 is 0 Å². The van der Waals surface area contributed by atoms with E-state index in [2.05, 4.69) is 0 Å². The predicted octanol–water partition coefficient (Wildman–Crippen LogP) is 1.93. The molecular formula is C15H21NO5. The molecule has 0 saturated heterocycles. The Morgan fingerprint density at radius 1 is 1.29 bits per heavy atom. The normalized spacial score (nSPS) is 11.8. The van der Waals surface area contributed by atoms with Crippen LogP contribution in [0, 0.1) is 0 Å². The van der Waals surface area contributed by atoms with Gasteiger partial charge in [0.15, 0.2) is 6.61 Å². The van der Waals surface area contributed by atoms with Gasteiger partial charge in [0.05, 0.1) is 6.10 Å². The third-order valence-electron chi connectivity index (χ3n) is 3.13. The van der Waals surface area contributed by atoms with Crippen LogP contribution < -0.4 is 9.64 Å². The van der Waals surface area contributed by atoms with Gasteiger partial charge in [0.25, 0.3) is 0 Å². The molecule has 1 atom stereocenters. The lowest BCUT2D eigenvalue weighted by Crippen LogP contribution is -2.26. The Bertz CT molecular complexity index is 471. The van der Waals surface area contributed by atoms with Crippen LogP contribution in [0.15, 0.2) is 24.3 Å². The van der Waals surface area contributed by atoms with Crippen LogP contribution in [0.2, 0.25) is 0 Å². The molecule has 6 nitrogen and oxygen atoms in total. The van der Waals surface area contributed by atoms with Gasteiger partial charge in [-0.2, -0.15) is 0 Å². The maximum atomic E-state index is 12.0. The number of benzene rings is 1. The van der Waals surface area contributed by atoms with Crippen molar-refractivity contribution in [2.75, 3.05) is 25.7 Å². The largest absolute Gasteiger partial charge is 0.482 e. The zero-order chi connectivity index (χ0) is 15.8. The third kappa shape index (κ3) is 5.83. The highest BCUT2D eigenvalue weighted by Gasteiger charge is 2.12. The van der Waals surface area contributed by atoms with Crippen LogP contribution in [0.3, 0.4) is 0 Å². The molecule has 1 aromatic carbocycles. The predicted molar refractivity (Wildman–Crippen MR) is 78.7 cm³/mol. The number of anilines is 1. The van der Waals surface area contributed by atoms with E-state index in [4.69, 9.17) is 14.6 Å². The molecule has 1 N–H and O–H groups in total. The SMILES string of the molecule is COC(C)CCC(=O)N(C)c1ccc(OCC(=O)O)cc1. The van der Waals surface area contributed by atoms with E-state index in [-0.39, 0.29) is 18.6 Å². The topological polar surface area (TPSA) is 76.1 Å². The summed E-state index contributed by atoms with van der Waals surface area (Å²) < 4.78 is 10.1. The summed E-state index contributed by atoms with van der Waals surface area (Å²) in [5.74, 6) is -0.577. The Morgan fingerprint density at radius 2 is 1.90 bits per heavy atom. The Balaban J connectivity index is 2.55. The van der Waals surface area contributed by atoms with E-state index in [1.807, 2.05) is 6.92 Å². The second-order valence-electron chi connectivity index (χ2n) is 4.71. The van der Waals surface area contributed by atoms with Crippen molar-refractivity contribution in [3.05, 3.63) is 24.3 Å². The molecule has 0 aromatic heterocycles. The minimum Gasteiger partial charge on any atom is -0.482 e. The second-order valence-corrected chi connectivity index (χ2v) is 4.71. The number of carbonyl (C=O) groups excluding carboxylic acids is 1. The van der Waals surface area contributed by atoms with Gasteiger partial charge in [-0.05, 0) is 37.6 Å². The van der Waals surface area contributed by atoms with Crippen LogP contribution >= 0.6 is 0 Å². The zero-order valence-corrected chi connectivity index (χ0v) is 12.5. The summed E-state index contributed by atoms with van der Waals surface area (Å²) in [6, 6.07) is 6.71. The van der Waals surface area contributed by atoms with Crippen molar-refractivity contribution in [3.8, 4) is 5.75 Å². The lowest BCUT2D eigenvalue weighted by molar-refractivity contribution is -0.139. The first-order valence-corrected chi connectivity index (χ1v) is 6.68. The van der Waals surface area contributed by atoms with Crippen LogP contribution in [0.5, 0.6) is 5.75 Å². The van der Waals surface area contributed by atoms with Crippen molar-refractivity contribution >= 4 is 17.6 Å². The molecule has 0 heterocycles. The highest BCUT2D eigenvalue weighted by Crippen LogP contribution is 2.19. The number of amides is 1. The van der Waals surface area contributed by atoms with Gasteiger partial charge in [-0.15, -0.1) is 0 Å². The lowest BCUT2D eigenvalue weighted by atomic mass is 10.2. The van der Waals surface area contributed by atoms with Gasteiger partial charge in [0.1, 0.15) is 5.75 Å². The highest BCUT2D eigenvalue weighted by atomic mass is 16.5. The number of methoxy groups -OCH3 is 1. The van der Waals surface area contributed by atoms with Crippen molar-refractivity contribution in [3.63, 3.8) is 0 Å². The van der Waals surface area contributed by atoms with Gasteiger partial charge in [-0.25, -0.2) is 4.79 Å². The molecule has 0 radical (unpaired) electrons. The molecule has 0 aliphatic carbocycles. The lowest BCUT2D eigenvalue weighted by Gasteiger charge is -2.18. The summed E-state index contributed by atoms with van der Waals surface area (Å²) in [6.45, 7) is 1.53. The number of hydrogen-bond donors (Lipinski definition) is 1. The van der Waals surface area contributed by atoms with Crippen molar-refractivity contribution in [2.45, 2.75) is 25.9 Å². The molecular weight excluding hydrogens is 274 g/mol. The summed E-state index contributed by atoms with van der Waals surface area (Å²) >= 11 is 0. The van der Waals surface area contributed by atoms with Crippen LogP contribution in [-0.2, 0) is 14.3 Å². The number of carbonyl (C=O) groups is 2.